The number of rotatable bonds is 9. The van der Waals surface area contributed by atoms with Crippen molar-refractivity contribution in [1.29, 1.82) is 0 Å². The number of fused-ring (bicyclic) bond motifs is 3. The number of hydrogen-bond donors (Lipinski definition) is 4. The predicted molar refractivity (Wildman–Crippen MR) is 136 cm³/mol. The molecule has 10 nitrogen and oxygen atoms in total. The summed E-state index contributed by atoms with van der Waals surface area (Å²) < 4.78 is 41.7. The Morgan fingerprint density at radius 1 is 1.25 bits per heavy atom. The maximum atomic E-state index is 12.8. The third-order valence-electron chi connectivity index (χ3n) is 7.54. The molecule has 3 atom stereocenters. The van der Waals surface area contributed by atoms with Crippen molar-refractivity contribution < 1.29 is 17.9 Å². The van der Waals surface area contributed by atoms with Gasteiger partial charge in [0.25, 0.3) is 10.2 Å². The molecule has 3 aliphatic rings. The van der Waals surface area contributed by atoms with Crippen molar-refractivity contribution >= 4 is 38.3 Å². The number of thiazole rings is 1. The highest BCUT2D eigenvalue weighted by molar-refractivity contribution is 7.87. The van der Waals surface area contributed by atoms with E-state index in [-0.39, 0.29) is 25.9 Å². The van der Waals surface area contributed by atoms with Gasteiger partial charge in [0.15, 0.2) is 0 Å². The molecule has 194 valence electrons. The summed E-state index contributed by atoms with van der Waals surface area (Å²) in [6.07, 6.45) is 5.52. The smallest absolute Gasteiger partial charge is 0.279 e. The second-order valence-corrected chi connectivity index (χ2v) is 12.7. The summed E-state index contributed by atoms with van der Waals surface area (Å²) in [4.78, 5) is 16.0. The van der Waals surface area contributed by atoms with E-state index in [1.807, 2.05) is 18.5 Å². The quantitative estimate of drug-likeness (QED) is 0.330. The van der Waals surface area contributed by atoms with Crippen LogP contribution < -0.4 is 10.0 Å². The van der Waals surface area contributed by atoms with Crippen molar-refractivity contribution in [2.24, 2.45) is 11.8 Å². The maximum absolute atomic E-state index is 12.8. The van der Waals surface area contributed by atoms with Crippen molar-refractivity contribution in [3.63, 3.8) is 0 Å². The SMILES string of the molecule is O=S(=O)(NCCO)N1C[C@H]2CC(Nc3c(-c4nc5c(s4)CN(CCF)C5)cnc4[nH]ccc34)C[C@H]2C1. The summed E-state index contributed by atoms with van der Waals surface area (Å²) in [5, 5.41) is 14.7. The number of nitrogens with one attached hydrogen (secondary N) is 3. The van der Waals surface area contributed by atoms with Crippen LogP contribution in [0.25, 0.3) is 21.6 Å². The molecule has 1 saturated carbocycles. The average Bonchev–Trinajstić information content (AvgIpc) is 3.63. The number of aromatic amines is 1. The molecular formula is C23H30FN7O3S2. The third-order valence-corrected chi connectivity index (χ3v) is 10.2. The number of pyridine rings is 1. The molecule has 1 saturated heterocycles. The molecule has 1 unspecified atom stereocenters. The maximum Gasteiger partial charge on any atom is 0.279 e. The van der Waals surface area contributed by atoms with Crippen LogP contribution in [0.5, 0.6) is 0 Å². The molecule has 0 spiro atoms. The first-order chi connectivity index (χ1) is 17.4. The molecule has 2 aliphatic heterocycles. The second kappa shape index (κ2) is 9.62. The Kier molecular flexibility index (Phi) is 6.46. The zero-order chi connectivity index (χ0) is 24.9. The van der Waals surface area contributed by atoms with Crippen molar-refractivity contribution in [2.75, 3.05) is 44.8 Å². The molecule has 2 fully saturated rings. The minimum atomic E-state index is -3.55. The van der Waals surface area contributed by atoms with E-state index in [9.17, 15) is 12.8 Å². The molecule has 1 aliphatic carbocycles. The lowest BCUT2D eigenvalue weighted by Crippen LogP contribution is -2.41. The van der Waals surface area contributed by atoms with Crippen molar-refractivity contribution in [2.45, 2.75) is 32.0 Å². The molecule has 36 heavy (non-hydrogen) atoms. The molecule has 0 bridgehead atoms. The van der Waals surface area contributed by atoms with Gasteiger partial charge >= 0.3 is 0 Å². The molecule has 5 heterocycles. The van der Waals surface area contributed by atoms with Crippen LogP contribution in [0, 0.1) is 11.8 Å². The van der Waals surface area contributed by atoms with E-state index in [0.717, 1.165) is 52.4 Å². The molecule has 6 rings (SSSR count). The van der Waals surface area contributed by atoms with Crippen LogP contribution in [0.15, 0.2) is 18.5 Å². The number of hydrogen-bond acceptors (Lipinski definition) is 8. The topological polar surface area (TPSA) is 126 Å². The van der Waals surface area contributed by atoms with Crippen LogP contribution in [0.4, 0.5) is 10.1 Å². The summed E-state index contributed by atoms with van der Waals surface area (Å²) in [6, 6.07) is 2.25. The highest BCUT2D eigenvalue weighted by Crippen LogP contribution is 2.43. The van der Waals surface area contributed by atoms with E-state index >= 15 is 0 Å². The normalized spacial score (nSPS) is 24.6. The monoisotopic (exact) mass is 535 g/mol. The molecular weight excluding hydrogens is 505 g/mol. The number of nitrogens with zero attached hydrogens (tertiary/aromatic N) is 4. The molecule has 0 radical (unpaired) electrons. The van der Waals surface area contributed by atoms with Crippen LogP contribution in [-0.2, 0) is 23.3 Å². The fourth-order valence-corrected chi connectivity index (χ4v) is 8.30. The zero-order valence-corrected chi connectivity index (χ0v) is 21.4. The lowest BCUT2D eigenvalue weighted by molar-refractivity contribution is 0.254. The number of halogens is 1. The van der Waals surface area contributed by atoms with Crippen LogP contribution >= 0.6 is 11.3 Å². The Morgan fingerprint density at radius 2 is 2.06 bits per heavy atom. The Labute approximate surface area is 213 Å². The van der Waals surface area contributed by atoms with Crippen LogP contribution in [0.1, 0.15) is 23.4 Å². The Balaban J connectivity index is 1.20. The van der Waals surface area contributed by atoms with Crippen molar-refractivity contribution in [1.82, 2.24) is 28.9 Å². The highest BCUT2D eigenvalue weighted by Gasteiger charge is 2.44. The lowest BCUT2D eigenvalue weighted by atomic mass is 10.0. The van der Waals surface area contributed by atoms with Gasteiger partial charge in [-0.05, 0) is 30.7 Å². The van der Waals surface area contributed by atoms with Gasteiger partial charge in [0.1, 0.15) is 17.3 Å². The summed E-state index contributed by atoms with van der Waals surface area (Å²) in [7, 11) is -3.55. The van der Waals surface area contributed by atoms with Gasteiger partial charge in [0, 0.05) is 68.0 Å². The van der Waals surface area contributed by atoms with Crippen LogP contribution in [-0.4, -0.2) is 83.2 Å². The first-order valence-electron chi connectivity index (χ1n) is 12.3. The molecule has 0 amide bonds. The Bertz CT molecular complexity index is 1320. The first kappa shape index (κ1) is 24.2. The number of anilines is 1. The number of aromatic nitrogens is 3. The Morgan fingerprint density at radius 3 is 2.78 bits per heavy atom. The van der Waals surface area contributed by atoms with Crippen LogP contribution in [0.2, 0.25) is 0 Å². The third kappa shape index (κ3) is 4.41. The summed E-state index contributed by atoms with van der Waals surface area (Å²) in [5.74, 6) is 0.593. The summed E-state index contributed by atoms with van der Waals surface area (Å²) in [6.45, 7) is 2.31. The molecule has 0 aromatic carbocycles. The number of aliphatic hydroxyl groups excluding tert-OH is 1. The van der Waals surface area contributed by atoms with Gasteiger partial charge in [0.05, 0.1) is 23.6 Å². The Hall–Kier alpha value is -2.16. The first-order valence-corrected chi connectivity index (χ1v) is 14.6. The highest BCUT2D eigenvalue weighted by atomic mass is 32.2. The minimum absolute atomic E-state index is 0.0316. The minimum Gasteiger partial charge on any atom is -0.395 e. The van der Waals surface area contributed by atoms with Gasteiger partial charge in [-0.15, -0.1) is 11.3 Å². The average molecular weight is 536 g/mol. The fourth-order valence-electron chi connectivity index (χ4n) is 5.86. The van der Waals surface area contributed by atoms with Gasteiger partial charge < -0.3 is 15.4 Å². The van der Waals surface area contributed by atoms with Gasteiger partial charge in [-0.25, -0.2) is 14.4 Å². The van der Waals surface area contributed by atoms with E-state index in [1.54, 1.807) is 11.3 Å². The lowest BCUT2D eigenvalue weighted by Gasteiger charge is -2.21. The second-order valence-electron chi connectivity index (χ2n) is 9.85. The number of alkyl halides is 1. The molecule has 3 aromatic heterocycles. The van der Waals surface area contributed by atoms with Gasteiger partial charge in [-0.2, -0.15) is 17.4 Å². The fraction of sp³-hybridized carbons (Fsp3) is 0.565. The predicted octanol–water partition coefficient (Wildman–Crippen LogP) is 1.92. The van der Waals surface area contributed by atoms with Gasteiger partial charge in [-0.3, -0.25) is 4.90 Å². The molecule has 13 heteroatoms. The zero-order valence-electron chi connectivity index (χ0n) is 19.8. The van der Waals surface area contributed by atoms with E-state index in [4.69, 9.17) is 10.1 Å². The van der Waals surface area contributed by atoms with Gasteiger partial charge in [0.2, 0.25) is 0 Å². The van der Waals surface area contributed by atoms with Crippen LogP contribution in [0.3, 0.4) is 0 Å². The van der Waals surface area contributed by atoms with E-state index in [2.05, 4.69) is 24.9 Å². The molecule has 4 N–H and O–H groups in total. The summed E-state index contributed by atoms with van der Waals surface area (Å²) in [5.41, 5.74) is 3.81. The molecule has 3 aromatic rings. The largest absolute Gasteiger partial charge is 0.395 e. The summed E-state index contributed by atoms with van der Waals surface area (Å²) >= 11 is 1.65. The van der Waals surface area contributed by atoms with Gasteiger partial charge in [-0.1, -0.05) is 0 Å². The van der Waals surface area contributed by atoms with E-state index < -0.39 is 10.2 Å². The van der Waals surface area contributed by atoms with Crippen molar-refractivity contribution in [3.05, 3.63) is 29.0 Å². The standard InChI is InChI=1S/C23H30FN7O3S2/c24-2-5-30-12-19-20(13-30)35-23(29-19)18-9-26-22-17(1-3-25-22)21(18)28-16-7-14-10-31(11-15(14)8-16)36(33,34)27-4-6-32/h1,3,9,14-16,27,32H,2,4-8,10-13H2,(H2,25,26,28)/t14-,15+,16?. The van der Waals surface area contributed by atoms with E-state index in [0.29, 0.717) is 38.0 Å². The van der Waals surface area contributed by atoms with Crippen molar-refractivity contribution in [3.8, 4) is 10.6 Å². The number of H-pyrrole nitrogens is 1. The van der Waals surface area contributed by atoms with E-state index in [1.165, 1.54) is 9.18 Å². The number of aliphatic hydroxyl groups is 1.